The van der Waals surface area contributed by atoms with Gasteiger partial charge in [0.15, 0.2) is 0 Å². The van der Waals surface area contributed by atoms with Gasteiger partial charge in [0.05, 0.1) is 19.0 Å². The van der Waals surface area contributed by atoms with Gasteiger partial charge in [-0.3, -0.25) is 4.79 Å². The molecule has 0 unspecified atom stereocenters. The van der Waals surface area contributed by atoms with Crippen LogP contribution in [-0.4, -0.2) is 29.6 Å². The number of rotatable bonds is 8. The molecule has 5 heteroatoms. The molecule has 0 aliphatic carbocycles. The van der Waals surface area contributed by atoms with Crippen LogP contribution >= 0.6 is 11.8 Å². The summed E-state index contributed by atoms with van der Waals surface area (Å²) in [5.74, 6) is 1.52. The normalized spacial score (nSPS) is 11.7. The first kappa shape index (κ1) is 17.4. The number of methoxy groups -OCH3 is 1. The van der Waals surface area contributed by atoms with Gasteiger partial charge >= 0.3 is 0 Å². The summed E-state index contributed by atoms with van der Waals surface area (Å²) >= 11 is 1.42. The Labute approximate surface area is 140 Å². The molecule has 2 rings (SSSR count). The third kappa shape index (κ3) is 5.62. The molecule has 1 atom stereocenters. The summed E-state index contributed by atoms with van der Waals surface area (Å²) in [4.78, 5) is 11.9. The highest BCUT2D eigenvalue weighted by molar-refractivity contribution is 7.99. The number of hydrogen-bond acceptors (Lipinski definition) is 4. The minimum absolute atomic E-state index is 0.0545. The average molecular weight is 331 g/mol. The van der Waals surface area contributed by atoms with Crippen LogP contribution in [0.4, 0.5) is 0 Å². The van der Waals surface area contributed by atoms with Gasteiger partial charge in [-0.2, -0.15) is 0 Å². The largest absolute Gasteiger partial charge is 0.496 e. The van der Waals surface area contributed by atoms with E-state index in [1.165, 1.54) is 11.8 Å². The number of nitrogens with one attached hydrogen (secondary N) is 1. The molecule has 2 aromatic rings. The second-order valence-electron chi connectivity index (χ2n) is 5.03. The van der Waals surface area contributed by atoms with Crippen LogP contribution in [0.1, 0.15) is 17.2 Å². The summed E-state index contributed by atoms with van der Waals surface area (Å²) < 4.78 is 5.25. The van der Waals surface area contributed by atoms with Gasteiger partial charge in [-0.05, 0) is 11.6 Å². The SMILES string of the molecule is COc1ccccc1CNC(=O)CSC[C@H](O)c1ccccc1. The molecule has 23 heavy (non-hydrogen) atoms. The van der Waals surface area contributed by atoms with Gasteiger partial charge in [-0.1, -0.05) is 48.5 Å². The molecule has 2 aromatic carbocycles. The van der Waals surface area contributed by atoms with Crippen molar-refractivity contribution in [2.24, 2.45) is 0 Å². The van der Waals surface area contributed by atoms with E-state index < -0.39 is 6.10 Å². The number of aliphatic hydroxyl groups is 1. The Balaban J connectivity index is 1.71. The Kier molecular flexibility index (Phi) is 6.97. The predicted octanol–water partition coefficient (Wildman–Crippen LogP) is 2.78. The van der Waals surface area contributed by atoms with Crippen molar-refractivity contribution in [1.29, 1.82) is 0 Å². The molecule has 0 heterocycles. The Morgan fingerprint density at radius 2 is 1.87 bits per heavy atom. The highest BCUT2D eigenvalue weighted by atomic mass is 32.2. The van der Waals surface area contributed by atoms with E-state index in [4.69, 9.17) is 4.74 Å². The minimum Gasteiger partial charge on any atom is -0.496 e. The lowest BCUT2D eigenvalue weighted by Gasteiger charge is -2.11. The van der Waals surface area contributed by atoms with Crippen LogP contribution in [0.25, 0.3) is 0 Å². The maximum Gasteiger partial charge on any atom is 0.230 e. The van der Waals surface area contributed by atoms with E-state index in [-0.39, 0.29) is 5.91 Å². The van der Waals surface area contributed by atoms with Crippen molar-refractivity contribution in [2.45, 2.75) is 12.6 Å². The Bertz CT molecular complexity index is 619. The number of carbonyl (C=O) groups excluding carboxylic acids is 1. The van der Waals surface area contributed by atoms with Gasteiger partial charge in [0.2, 0.25) is 5.91 Å². The lowest BCUT2D eigenvalue weighted by molar-refractivity contribution is -0.118. The minimum atomic E-state index is -0.553. The van der Waals surface area contributed by atoms with Crippen molar-refractivity contribution in [3.05, 3.63) is 65.7 Å². The van der Waals surface area contributed by atoms with Crippen molar-refractivity contribution in [3.63, 3.8) is 0 Å². The van der Waals surface area contributed by atoms with E-state index in [1.54, 1.807) is 7.11 Å². The van der Waals surface area contributed by atoms with Crippen molar-refractivity contribution >= 4 is 17.7 Å². The summed E-state index contributed by atoms with van der Waals surface area (Å²) in [5.41, 5.74) is 1.81. The molecular weight excluding hydrogens is 310 g/mol. The summed E-state index contributed by atoms with van der Waals surface area (Å²) in [6.07, 6.45) is -0.553. The lowest BCUT2D eigenvalue weighted by atomic mass is 10.1. The second kappa shape index (κ2) is 9.22. The lowest BCUT2D eigenvalue weighted by Crippen LogP contribution is -2.25. The number of para-hydroxylation sites is 1. The van der Waals surface area contributed by atoms with Crippen LogP contribution in [0.5, 0.6) is 5.75 Å². The molecule has 0 spiro atoms. The van der Waals surface area contributed by atoms with Crippen LogP contribution in [-0.2, 0) is 11.3 Å². The first-order chi connectivity index (χ1) is 11.2. The quantitative estimate of drug-likeness (QED) is 0.781. The van der Waals surface area contributed by atoms with E-state index in [0.29, 0.717) is 18.1 Å². The van der Waals surface area contributed by atoms with Crippen molar-refractivity contribution in [2.75, 3.05) is 18.6 Å². The molecule has 0 saturated carbocycles. The third-order valence-corrected chi connectivity index (χ3v) is 4.38. The maximum atomic E-state index is 11.9. The fraction of sp³-hybridized carbons (Fsp3) is 0.278. The van der Waals surface area contributed by atoms with E-state index in [9.17, 15) is 9.90 Å². The van der Waals surface area contributed by atoms with E-state index in [1.807, 2.05) is 54.6 Å². The monoisotopic (exact) mass is 331 g/mol. The molecule has 0 saturated heterocycles. The number of benzene rings is 2. The molecule has 0 bridgehead atoms. The fourth-order valence-electron chi connectivity index (χ4n) is 2.13. The van der Waals surface area contributed by atoms with Gasteiger partial charge in [-0.25, -0.2) is 0 Å². The highest BCUT2D eigenvalue weighted by Gasteiger charge is 2.09. The zero-order chi connectivity index (χ0) is 16.5. The van der Waals surface area contributed by atoms with E-state index in [2.05, 4.69) is 5.32 Å². The fourth-order valence-corrected chi connectivity index (χ4v) is 2.95. The molecule has 0 aliphatic rings. The highest BCUT2D eigenvalue weighted by Crippen LogP contribution is 2.18. The summed E-state index contributed by atoms with van der Waals surface area (Å²) in [6.45, 7) is 0.435. The number of carbonyl (C=O) groups is 1. The third-order valence-electron chi connectivity index (χ3n) is 3.36. The first-order valence-corrected chi connectivity index (χ1v) is 8.55. The Morgan fingerprint density at radius 1 is 1.17 bits per heavy atom. The molecule has 4 nitrogen and oxygen atoms in total. The maximum absolute atomic E-state index is 11.9. The van der Waals surface area contributed by atoms with Crippen LogP contribution < -0.4 is 10.1 Å². The van der Waals surface area contributed by atoms with Crippen molar-refractivity contribution < 1.29 is 14.6 Å². The topological polar surface area (TPSA) is 58.6 Å². The number of thioether (sulfide) groups is 1. The Morgan fingerprint density at radius 3 is 2.61 bits per heavy atom. The molecule has 0 aliphatic heterocycles. The van der Waals surface area contributed by atoms with E-state index >= 15 is 0 Å². The molecule has 1 amide bonds. The standard InChI is InChI=1S/C18H21NO3S/c1-22-17-10-6-5-9-15(17)11-19-18(21)13-23-12-16(20)14-7-3-2-4-8-14/h2-10,16,20H,11-13H2,1H3,(H,19,21)/t16-/m0/s1. The summed E-state index contributed by atoms with van der Waals surface area (Å²) in [7, 11) is 1.61. The summed E-state index contributed by atoms with van der Waals surface area (Å²) in [5, 5.41) is 12.9. The zero-order valence-electron chi connectivity index (χ0n) is 13.1. The average Bonchev–Trinajstić information content (AvgIpc) is 2.60. The molecule has 0 radical (unpaired) electrons. The van der Waals surface area contributed by atoms with Gasteiger partial charge in [0.1, 0.15) is 5.75 Å². The van der Waals surface area contributed by atoms with Crippen LogP contribution in [0.3, 0.4) is 0 Å². The number of amides is 1. The van der Waals surface area contributed by atoms with E-state index in [0.717, 1.165) is 16.9 Å². The molecule has 2 N–H and O–H groups in total. The number of aliphatic hydroxyl groups excluding tert-OH is 1. The molecule has 0 fully saturated rings. The molecule has 122 valence electrons. The second-order valence-corrected chi connectivity index (χ2v) is 6.06. The van der Waals surface area contributed by atoms with Gasteiger partial charge in [0, 0.05) is 17.9 Å². The van der Waals surface area contributed by atoms with Crippen LogP contribution in [0.2, 0.25) is 0 Å². The first-order valence-electron chi connectivity index (χ1n) is 7.40. The smallest absolute Gasteiger partial charge is 0.230 e. The predicted molar refractivity (Wildman–Crippen MR) is 93.6 cm³/mol. The number of hydrogen-bond donors (Lipinski definition) is 2. The molecular formula is C18H21NO3S. The van der Waals surface area contributed by atoms with Crippen molar-refractivity contribution in [3.8, 4) is 5.75 Å². The van der Waals surface area contributed by atoms with Crippen LogP contribution in [0.15, 0.2) is 54.6 Å². The molecule has 0 aromatic heterocycles. The van der Waals surface area contributed by atoms with Crippen LogP contribution in [0, 0.1) is 0 Å². The van der Waals surface area contributed by atoms with Gasteiger partial charge in [0.25, 0.3) is 0 Å². The van der Waals surface area contributed by atoms with Gasteiger partial charge in [-0.15, -0.1) is 11.8 Å². The number of ether oxygens (including phenoxy) is 1. The zero-order valence-corrected chi connectivity index (χ0v) is 13.9. The van der Waals surface area contributed by atoms with Crippen molar-refractivity contribution in [1.82, 2.24) is 5.32 Å². The Hall–Kier alpha value is -1.98. The summed E-state index contributed by atoms with van der Waals surface area (Å²) in [6, 6.07) is 17.1. The van der Waals surface area contributed by atoms with Gasteiger partial charge < -0.3 is 15.2 Å².